The maximum absolute atomic E-state index is 11.9. The van der Waals surface area contributed by atoms with Gasteiger partial charge in [0.25, 0.3) is 0 Å². The lowest BCUT2D eigenvalue weighted by atomic mass is 10.1. The molecule has 1 aliphatic rings. The molecule has 2 rings (SSSR count). The average molecular weight is 320 g/mol. The number of nitrogens with one attached hydrogen (secondary N) is 1. The van der Waals surface area contributed by atoms with Gasteiger partial charge in [0.1, 0.15) is 18.8 Å². The van der Waals surface area contributed by atoms with Gasteiger partial charge in [-0.15, -0.1) is 0 Å². The zero-order valence-electron chi connectivity index (χ0n) is 12.7. The van der Waals surface area contributed by atoms with Gasteiger partial charge in [0.05, 0.1) is 6.42 Å². The van der Waals surface area contributed by atoms with E-state index in [9.17, 15) is 14.4 Å². The van der Waals surface area contributed by atoms with E-state index in [0.717, 1.165) is 12.0 Å². The molecule has 0 saturated carbocycles. The molecule has 7 nitrogen and oxygen atoms in total. The van der Waals surface area contributed by atoms with Gasteiger partial charge >= 0.3 is 5.97 Å². The molecule has 0 bridgehead atoms. The summed E-state index contributed by atoms with van der Waals surface area (Å²) < 4.78 is 10.3. The predicted octanol–water partition coefficient (Wildman–Crippen LogP) is 0.269. The molecule has 2 amide bonds. The molecule has 23 heavy (non-hydrogen) atoms. The number of carbonyl (C=O) groups is 3. The van der Waals surface area contributed by atoms with Crippen LogP contribution in [0.15, 0.2) is 30.3 Å². The monoisotopic (exact) mass is 320 g/mol. The van der Waals surface area contributed by atoms with Gasteiger partial charge in [0.2, 0.25) is 11.8 Å². The Hall–Kier alpha value is -2.41. The first kappa shape index (κ1) is 17.0. The maximum atomic E-state index is 11.9. The van der Waals surface area contributed by atoms with Crippen LogP contribution < -0.4 is 11.1 Å². The fourth-order valence-electron chi connectivity index (χ4n) is 2.24. The second-order valence-electron chi connectivity index (χ2n) is 5.32. The molecule has 2 atom stereocenters. The van der Waals surface area contributed by atoms with Gasteiger partial charge < -0.3 is 20.5 Å². The quantitative estimate of drug-likeness (QED) is 0.701. The Morgan fingerprint density at radius 2 is 2.04 bits per heavy atom. The molecule has 124 valence electrons. The summed E-state index contributed by atoms with van der Waals surface area (Å²) in [5, 5.41) is 2.45. The smallest absolute Gasteiger partial charge is 0.308 e. The number of nitrogens with two attached hydrogens (primary N) is 1. The van der Waals surface area contributed by atoms with E-state index in [-0.39, 0.29) is 13.0 Å². The highest BCUT2D eigenvalue weighted by molar-refractivity contribution is 5.91. The van der Waals surface area contributed by atoms with Crippen LogP contribution in [0.5, 0.6) is 0 Å². The summed E-state index contributed by atoms with van der Waals surface area (Å²) in [6.07, 6.45) is 0.492. The van der Waals surface area contributed by atoms with Crippen LogP contribution in [0.1, 0.15) is 24.8 Å². The van der Waals surface area contributed by atoms with Crippen molar-refractivity contribution in [3.8, 4) is 0 Å². The lowest BCUT2D eigenvalue weighted by Gasteiger charge is -2.17. The van der Waals surface area contributed by atoms with Gasteiger partial charge in [0.15, 0.2) is 0 Å². The van der Waals surface area contributed by atoms with Gasteiger partial charge in [-0.2, -0.15) is 0 Å². The van der Waals surface area contributed by atoms with Crippen LogP contribution in [-0.2, 0) is 30.5 Å². The first-order valence-corrected chi connectivity index (χ1v) is 7.47. The van der Waals surface area contributed by atoms with Crippen molar-refractivity contribution in [3.05, 3.63) is 35.9 Å². The summed E-state index contributed by atoms with van der Waals surface area (Å²) in [5.74, 6) is -1.82. The third-order valence-electron chi connectivity index (χ3n) is 3.50. The first-order valence-electron chi connectivity index (χ1n) is 7.47. The van der Waals surface area contributed by atoms with E-state index in [2.05, 4.69) is 5.32 Å². The second-order valence-corrected chi connectivity index (χ2v) is 5.32. The van der Waals surface area contributed by atoms with E-state index < -0.39 is 29.9 Å². The lowest BCUT2D eigenvalue weighted by molar-refractivity contribution is -0.147. The van der Waals surface area contributed by atoms with E-state index >= 15 is 0 Å². The minimum atomic E-state index is -1.10. The van der Waals surface area contributed by atoms with Crippen LogP contribution in [0.4, 0.5) is 0 Å². The highest BCUT2D eigenvalue weighted by Crippen LogP contribution is 2.12. The number of benzene rings is 1. The highest BCUT2D eigenvalue weighted by Gasteiger charge is 2.29. The van der Waals surface area contributed by atoms with E-state index in [1.54, 1.807) is 0 Å². The largest absolute Gasteiger partial charge is 0.461 e. The van der Waals surface area contributed by atoms with Crippen LogP contribution in [0.2, 0.25) is 0 Å². The molecule has 1 aliphatic heterocycles. The van der Waals surface area contributed by atoms with Gasteiger partial charge in [-0.25, -0.2) is 0 Å². The van der Waals surface area contributed by atoms with E-state index in [4.69, 9.17) is 15.2 Å². The Labute approximate surface area is 134 Å². The fourth-order valence-corrected chi connectivity index (χ4v) is 2.24. The number of esters is 1. The van der Waals surface area contributed by atoms with Gasteiger partial charge in [-0.1, -0.05) is 30.3 Å². The van der Waals surface area contributed by atoms with Crippen molar-refractivity contribution in [3.63, 3.8) is 0 Å². The summed E-state index contributed by atoms with van der Waals surface area (Å²) in [5.41, 5.74) is 6.07. The molecule has 1 fully saturated rings. The molecule has 0 aliphatic carbocycles. The summed E-state index contributed by atoms with van der Waals surface area (Å²) in [6, 6.07) is 8.05. The van der Waals surface area contributed by atoms with E-state index in [0.29, 0.717) is 13.0 Å². The van der Waals surface area contributed by atoms with Crippen molar-refractivity contribution in [1.29, 1.82) is 0 Å². The molecule has 1 aromatic carbocycles. The maximum Gasteiger partial charge on any atom is 0.308 e. The number of hydrogen-bond donors (Lipinski definition) is 2. The normalized spacial score (nSPS) is 18.2. The number of carbonyl (C=O) groups excluding carboxylic acids is 3. The third-order valence-corrected chi connectivity index (χ3v) is 3.50. The van der Waals surface area contributed by atoms with Crippen molar-refractivity contribution in [1.82, 2.24) is 5.32 Å². The number of hydrogen-bond acceptors (Lipinski definition) is 5. The Balaban J connectivity index is 1.82. The summed E-state index contributed by atoms with van der Waals surface area (Å²) in [4.78, 5) is 35.2. The van der Waals surface area contributed by atoms with Crippen molar-refractivity contribution in [2.24, 2.45) is 5.73 Å². The van der Waals surface area contributed by atoms with Crippen molar-refractivity contribution in [2.75, 3.05) is 6.61 Å². The molecule has 0 unspecified atom stereocenters. The van der Waals surface area contributed by atoms with Crippen molar-refractivity contribution < 1.29 is 23.9 Å². The Morgan fingerprint density at radius 1 is 1.30 bits per heavy atom. The molecule has 0 radical (unpaired) electrons. The predicted molar refractivity (Wildman–Crippen MR) is 81.0 cm³/mol. The number of amides is 2. The Bertz CT molecular complexity index is 555. The summed E-state index contributed by atoms with van der Waals surface area (Å²) in [7, 11) is 0. The molecular weight excluding hydrogens is 300 g/mol. The molecule has 1 aromatic rings. The Kier molecular flexibility index (Phi) is 6.10. The van der Waals surface area contributed by atoms with E-state index in [1.165, 1.54) is 0 Å². The number of primary amides is 1. The zero-order chi connectivity index (χ0) is 16.7. The van der Waals surface area contributed by atoms with Crippen LogP contribution in [0.3, 0.4) is 0 Å². The molecule has 1 heterocycles. The number of ether oxygens (including phenoxy) is 2. The summed E-state index contributed by atoms with van der Waals surface area (Å²) >= 11 is 0. The van der Waals surface area contributed by atoms with Gasteiger partial charge in [-0.3, -0.25) is 14.4 Å². The number of rotatable bonds is 7. The first-order chi connectivity index (χ1) is 11.1. The second kappa shape index (κ2) is 8.28. The molecule has 0 spiro atoms. The lowest BCUT2D eigenvalue weighted by Crippen LogP contribution is -2.49. The average Bonchev–Trinajstić information content (AvgIpc) is 3.07. The SMILES string of the molecule is NC(=O)[C@@H](CC(=O)OCc1ccccc1)NC(=O)[C@@H]1CCCO1. The topological polar surface area (TPSA) is 108 Å². The minimum Gasteiger partial charge on any atom is -0.461 e. The Morgan fingerprint density at radius 3 is 2.65 bits per heavy atom. The molecule has 1 saturated heterocycles. The van der Waals surface area contributed by atoms with Crippen LogP contribution in [0, 0.1) is 0 Å². The van der Waals surface area contributed by atoms with Crippen LogP contribution in [-0.4, -0.2) is 36.5 Å². The minimum absolute atomic E-state index is 0.102. The highest BCUT2D eigenvalue weighted by atomic mass is 16.5. The van der Waals surface area contributed by atoms with Gasteiger partial charge in [-0.05, 0) is 18.4 Å². The van der Waals surface area contributed by atoms with Crippen LogP contribution in [0.25, 0.3) is 0 Å². The standard InChI is InChI=1S/C16H20N2O5/c17-15(20)12(18-16(21)13-7-4-8-22-13)9-14(19)23-10-11-5-2-1-3-6-11/h1-3,5-6,12-13H,4,7-10H2,(H2,17,20)(H,18,21)/t12-,13+/m1/s1. The molecular formula is C16H20N2O5. The van der Waals surface area contributed by atoms with Crippen molar-refractivity contribution in [2.45, 2.75) is 38.0 Å². The molecule has 3 N–H and O–H groups in total. The van der Waals surface area contributed by atoms with Gasteiger partial charge in [0, 0.05) is 6.61 Å². The third kappa shape index (κ3) is 5.37. The molecule has 0 aromatic heterocycles. The zero-order valence-corrected chi connectivity index (χ0v) is 12.7. The summed E-state index contributed by atoms with van der Waals surface area (Å²) in [6.45, 7) is 0.614. The van der Waals surface area contributed by atoms with Crippen LogP contribution >= 0.6 is 0 Å². The van der Waals surface area contributed by atoms with E-state index in [1.807, 2.05) is 30.3 Å². The molecule has 7 heteroatoms. The van der Waals surface area contributed by atoms with Crippen molar-refractivity contribution >= 4 is 17.8 Å². The fraction of sp³-hybridized carbons (Fsp3) is 0.438.